The number of rotatable bonds is 5. The zero-order valence-corrected chi connectivity index (χ0v) is 14.2. The molecular weight excluding hydrogens is 343 g/mol. The van der Waals surface area contributed by atoms with Gasteiger partial charge in [0.1, 0.15) is 6.07 Å². The number of hydrogen-bond acceptors (Lipinski definition) is 6. The Morgan fingerprint density at radius 2 is 2.00 bits per heavy atom. The number of carbonyl (C=O) groups excluding carboxylic acids is 2. The Morgan fingerprint density at radius 1 is 1.35 bits per heavy atom. The molecule has 0 atom stereocenters. The largest absolute Gasteiger partial charge is 0.465 e. The Hall–Kier alpha value is -2.23. The molecule has 8 heteroatoms. The van der Waals surface area contributed by atoms with Crippen LogP contribution >= 0.6 is 23.2 Å². The lowest BCUT2D eigenvalue weighted by Gasteiger charge is -2.13. The summed E-state index contributed by atoms with van der Waals surface area (Å²) in [5, 5.41) is 11.7. The molecule has 0 fully saturated rings. The number of halogens is 2. The van der Waals surface area contributed by atoms with Crippen molar-refractivity contribution in [3.63, 3.8) is 0 Å². The number of carbonyl (C=O) groups is 2. The molecule has 6 nitrogen and oxygen atoms in total. The summed E-state index contributed by atoms with van der Waals surface area (Å²) < 4.78 is 9.53. The van der Waals surface area contributed by atoms with Crippen LogP contribution in [0.2, 0.25) is 10.0 Å². The van der Waals surface area contributed by atoms with Gasteiger partial charge in [-0.2, -0.15) is 5.26 Å². The molecular formula is C15H14Cl2N2O4. The van der Waals surface area contributed by atoms with Crippen LogP contribution in [-0.4, -0.2) is 25.2 Å². The molecule has 0 aromatic heterocycles. The van der Waals surface area contributed by atoms with Crippen molar-refractivity contribution in [2.24, 2.45) is 0 Å². The molecule has 0 saturated carbocycles. The number of nitrogens with one attached hydrogen (secondary N) is 1. The van der Waals surface area contributed by atoms with Gasteiger partial charge in [-0.3, -0.25) is 0 Å². The normalized spacial score (nSPS) is 10.9. The molecule has 23 heavy (non-hydrogen) atoms. The molecule has 0 saturated heterocycles. The maximum Gasteiger partial charge on any atom is 0.350 e. The van der Waals surface area contributed by atoms with E-state index in [0.29, 0.717) is 0 Å². The number of ether oxygens (including phenoxy) is 2. The van der Waals surface area contributed by atoms with Crippen LogP contribution in [-0.2, 0) is 14.3 Å². The second-order valence-corrected chi connectivity index (χ2v) is 5.33. The van der Waals surface area contributed by atoms with E-state index in [-0.39, 0.29) is 33.0 Å². The number of nitrogens with zero attached hydrogens (tertiary/aromatic N) is 1. The van der Waals surface area contributed by atoms with Crippen molar-refractivity contribution < 1.29 is 19.1 Å². The molecule has 1 rings (SSSR count). The van der Waals surface area contributed by atoms with Crippen LogP contribution in [0.3, 0.4) is 0 Å². The first-order valence-electron chi connectivity index (χ1n) is 6.45. The Balaban J connectivity index is 3.16. The van der Waals surface area contributed by atoms with Gasteiger partial charge in [0, 0.05) is 6.20 Å². The lowest BCUT2D eigenvalue weighted by molar-refractivity contribution is -0.135. The highest BCUT2D eigenvalue weighted by molar-refractivity contribution is 6.41. The molecule has 0 aliphatic heterocycles. The van der Waals surface area contributed by atoms with E-state index in [4.69, 9.17) is 33.2 Å². The summed E-state index contributed by atoms with van der Waals surface area (Å²) in [6, 6.07) is 4.63. The minimum absolute atomic E-state index is 0.00277. The summed E-state index contributed by atoms with van der Waals surface area (Å²) in [5.41, 5.74) is 0.0188. The van der Waals surface area contributed by atoms with Gasteiger partial charge in [0.2, 0.25) is 0 Å². The lowest BCUT2D eigenvalue weighted by atomic mass is 10.2. The summed E-state index contributed by atoms with van der Waals surface area (Å²) in [7, 11) is 1.16. The van der Waals surface area contributed by atoms with Gasteiger partial charge >= 0.3 is 11.9 Å². The molecule has 0 radical (unpaired) electrons. The van der Waals surface area contributed by atoms with Gasteiger partial charge in [-0.15, -0.1) is 0 Å². The fraction of sp³-hybridized carbons (Fsp3) is 0.267. The third kappa shape index (κ3) is 4.88. The topological polar surface area (TPSA) is 88.4 Å². The molecule has 1 N–H and O–H groups in total. The number of hydrogen-bond donors (Lipinski definition) is 1. The Morgan fingerprint density at radius 3 is 2.52 bits per heavy atom. The zero-order valence-electron chi connectivity index (χ0n) is 12.6. The molecule has 0 heterocycles. The first-order valence-corrected chi connectivity index (χ1v) is 7.21. The van der Waals surface area contributed by atoms with Crippen LogP contribution in [0.5, 0.6) is 0 Å². The fourth-order valence-electron chi connectivity index (χ4n) is 1.52. The Bertz CT molecular complexity index is 693. The lowest BCUT2D eigenvalue weighted by Crippen LogP contribution is -2.13. The quantitative estimate of drug-likeness (QED) is 0.493. The molecule has 0 aliphatic rings. The summed E-state index contributed by atoms with van der Waals surface area (Å²) in [6.07, 6.45) is 0.786. The van der Waals surface area contributed by atoms with E-state index in [0.717, 1.165) is 13.3 Å². The second kappa shape index (κ2) is 8.42. The van der Waals surface area contributed by atoms with Crippen LogP contribution in [0.25, 0.3) is 0 Å². The predicted octanol–water partition coefficient (Wildman–Crippen LogP) is 3.55. The van der Waals surface area contributed by atoms with Crippen LogP contribution in [0.15, 0.2) is 23.9 Å². The highest BCUT2D eigenvalue weighted by Gasteiger charge is 2.20. The third-order valence-corrected chi connectivity index (χ3v) is 3.24. The smallest absolute Gasteiger partial charge is 0.350 e. The number of methoxy groups -OCH3 is 1. The van der Waals surface area contributed by atoms with E-state index in [2.05, 4.69) is 10.1 Å². The monoisotopic (exact) mass is 356 g/mol. The molecule has 1 aromatic rings. The SMILES string of the molecule is COC(=O)C(C#N)=CNc1ccc(Cl)c(C(=O)OC(C)C)c1Cl. The van der Waals surface area contributed by atoms with Gasteiger partial charge in [-0.25, -0.2) is 9.59 Å². The van der Waals surface area contributed by atoms with E-state index in [1.54, 1.807) is 19.9 Å². The second-order valence-electron chi connectivity index (χ2n) is 4.54. The van der Waals surface area contributed by atoms with Gasteiger partial charge < -0.3 is 14.8 Å². The molecule has 122 valence electrons. The maximum absolute atomic E-state index is 12.0. The van der Waals surface area contributed by atoms with Crippen LogP contribution < -0.4 is 5.32 Å². The van der Waals surface area contributed by atoms with Crippen LogP contribution in [0.4, 0.5) is 5.69 Å². The van der Waals surface area contributed by atoms with E-state index in [9.17, 15) is 9.59 Å². The van der Waals surface area contributed by atoms with Gasteiger partial charge in [0.05, 0.1) is 34.5 Å². The van der Waals surface area contributed by atoms with Crippen molar-refractivity contribution in [1.29, 1.82) is 5.26 Å². The average molecular weight is 357 g/mol. The van der Waals surface area contributed by atoms with Gasteiger partial charge in [-0.05, 0) is 26.0 Å². The first kappa shape index (κ1) is 18.8. The fourth-order valence-corrected chi connectivity index (χ4v) is 2.10. The standard InChI is InChI=1S/C15H14Cl2N2O4/c1-8(2)23-15(21)12-10(16)4-5-11(13(12)17)19-7-9(6-18)14(20)22-3/h4-5,7-8,19H,1-3H3. The Labute approximate surface area is 143 Å². The first-order chi connectivity index (χ1) is 10.8. The van der Waals surface area contributed by atoms with Crippen molar-refractivity contribution in [2.75, 3.05) is 12.4 Å². The zero-order chi connectivity index (χ0) is 17.6. The van der Waals surface area contributed by atoms with E-state index < -0.39 is 11.9 Å². The predicted molar refractivity (Wildman–Crippen MR) is 86.3 cm³/mol. The molecule has 0 spiro atoms. The van der Waals surface area contributed by atoms with Crippen molar-refractivity contribution in [3.05, 3.63) is 39.5 Å². The summed E-state index contributed by atoms with van der Waals surface area (Å²) in [6.45, 7) is 3.39. The minimum Gasteiger partial charge on any atom is -0.465 e. The number of esters is 2. The number of anilines is 1. The molecule has 1 aromatic carbocycles. The van der Waals surface area contributed by atoms with E-state index in [1.165, 1.54) is 12.1 Å². The highest BCUT2D eigenvalue weighted by atomic mass is 35.5. The highest BCUT2D eigenvalue weighted by Crippen LogP contribution is 2.32. The van der Waals surface area contributed by atoms with E-state index >= 15 is 0 Å². The molecule has 0 aliphatic carbocycles. The minimum atomic E-state index is -0.801. The van der Waals surface area contributed by atoms with E-state index in [1.807, 2.05) is 0 Å². The summed E-state index contributed by atoms with van der Waals surface area (Å²) in [5.74, 6) is -1.47. The van der Waals surface area contributed by atoms with Crippen molar-refractivity contribution in [1.82, 2.24) is 0 Å². The van der Waals surface area contributed by atoms with Crippen molar-refractivity contribution in [3.8, 4) is 6.07 Å². The number of benzene rings is 1. The van der Waals surface area contributed by atoms with Crippen molar-refractivity contribution in [2.45, 2.75) is 20.0 Å². The van der Waals surface area contributed by atoms with Gasteiger partial charge in [0.25, 0.3) is 0 Å². The molecule has 0 unspecified atom stereocenters. The van der Waals surface area contributed by atoms with Crippen molar-refractivity contribution >= 4 is 40.8 Å². The summed E-state index contributed by atoms with van der Waals surface area (Å²) >= 11 is 12.1. The van der Waals surface area contributed by atoms with Gasteiger partial charge in [-0.1, -0.05) is 23.2 Å². The van der Waals surface area contributed by atoms with Crippen LogP contribution in [0.1, 0.15) is 24.2 Å². The summed E-state index contributed by atoms with van der Waals surface area (Å²) in [4.78, 5) is 23.4. The van der Waals surface area contributed by atoms with Gasteiger partial charge in [0.15, 0.2) is 5.57 Å². The molecule has 0 amide bonds. The van der Waals surface area contributed by atoms with Crippen LogP contribution in [0, 0.1) is 11.3 Å². The average Bonchev–Trinajstić information content (AvgIpc) is 2.48. The Kier molecular flexibility index (Phi) is 6.89. The third-order valence-electron chi connectivity index (χ3n) is 2.54. The molecule has 0 bridgehead atoms. The maximum atomic E-state index is 12.0. The number of nitriles is 1.